The summed E-state index contributed by atoms with van der Waals surface area (Å²) < 4.78 is 5.51. The number of ether oxygens (including phenoxy) is 1. The van der Waals surface area contributed by atoms with Crippen LogP contribution in [0.25, 0.3) is 0 Å². The molecule has 1 amide bonds. The van der Waals surface area contributed by atoms with E-state index in [1.807, 2.05) is 0 Å². The molecule has 3 heterocycles. The summed E-state index contributed by atoms with van der Waals surface area (Å²) in [5, 5.41) is 3.38. The number of likely N-dealkylation sites (N-methyl/N-ethyl adjacent to an activating group) is 1. The molecular weight excluding hydrogens is 254 g/mol. The van der Waals surface area contributed by atoms with E-state index in [-0.39, 0.29) is 12.0 Å². The van der Waals surface area contributed by atoms with E-state index in [0.29, 0.717) is 25.2 Å². The number of hydrogen-bond donors (Lipinski definition) is 1. The first-order valence-corrected chi connectivity index (χ1v) is 8.13. The molecule has 3 rings (SSSR count). The molecule has 114 valence electrons. The summed E-state index contributed by atoms with van der Waals surface area (Å²) in [5.41, 5.74) is 0. The van der Waals surface area contributed by atoms with Crippen molar-refractivity contribution in [2.45, 2.75) is 38.3 Å². The van der Waals surface area contributed by atoms with E-state index >= 15 is 0 Å². The highest BCUT2D eigenvalue weighted by Gasteiger charge is 2.39. The molecule has 5 heteroatoms. The molecular formula is C15H27N3O2. The quantitative estimate of drug-likeness (QED) is 0.805. The molecule has 0 radical (unpaired) electrons. The normalized spacial score (nSPS) is 35.0. The summed E-state index contributed by atoms with van der Waals surface area (Å²) in [4.78, 5) is 17.3. The standard InChI is InChI=1S/C15H27N3O2/c1-2-16-14-11-20-10-13(14)15(19)18-8-5-12(9-18)17-6-3-4-7-17/h12-14,16H,2-11H2,1H3. The van der Waals surface area contributed by atoms with Gasteiger partial charge in [0.15, 0.2) is 0 Å². The summed E-state index contributed by atoms with van der Waals surface area (Å²) in [7, 11) is 0. The number of likely N-dealkylation sites (tertiary alicyclic amines) is 2. The third kappa shape index (κ3) is 2.85. The Morgan fingerprint density at radius 3 is 2.80 bits per heavy atom. The average Bonchev–Trinajstić information content (AvgIpc) is 3.19. The van der Waals surface area contributed by atoms with Gasteiger partial charge in [0.1, 0.15) is 0 Å². The molecule has 0 aromatic carbocycles. The monoisotopic (exact) mass is 281 g/mol. The van der Waals surface area contributed by atoms with Crippen LogP contribution >= 0.6 is 0 Å². The Bertz CT molecular complexity index is 344. The number of nitrogens with one attached hydrogen (secondary N) is 1. The maximum absolute atomic E-state index is 12.7. The molecule has 0 aliphatic carbocycles. The SMILES string of the molecule is CCNC1COCC1C(=O)N1CCC(N2CCCC2)C1. The molecule has 0 aromatic heterocycles. The van der Waals surface area contributed by atoms with Crippen molar-refractivity contribution in [3.8, 4) is 0 Å². The zero-order valence-corrected chi connectivity index (χ0v) is 12.5. The van der Waals surface area contributed by atoms with Crippen LogP contribution in [-0.4, -0.2) is 73.7 Å². The van der Waals surface area contributed by atoms with Gasteiger partial charge in [-0.25, -0.2) is 0 Å². The van der Waals surface area contributed by atoms with Gasteiger partial charge in [-0.3, -0.25) is 9.69 Å². The van der Waals surface area contributed by atoms with Crippen molar-refractivity contribution < 1.29 is 9.53 Å². The topological polar surface area (TPSA) is 44.8 Å². The lowest BCUT2D eigenvalue weighted by Crippen LogP contribution is -2.46. The zero-order valence-electron chi connectivity index (χ0n) is 12.5. The summed E-state index contributed by atoms with van der Waals surface area (Å²) >= 11 is 0. The largest absolute Gasteiger partial charge is 0.379 e. The molecule has 0 bridgehead atoms. The first-order valence-electron chi connectivity index (χ1n) is 8.13. The van der Waals surface area contributed by atoms with Crippen LogP contribution < -0.4 is 5.32 Å². The first kappa shape index (κ1) is 14.3. The Hall–Kier alpha value is -0.650. The van der Waals surface area contributed by atoms with Gasteiger partial charge in [-0.05, 0) is 38.9 Å². The Labute approximate surface area is 121 Å². The van der Waals surface area contributed by atoms with Gasteiger partial charge >= 0.3 is 0 Å². The van der Waals surface area contributed by atoms with E-state index in [9.17, 15) is 4.79 Å². The maximum Gasteiger partial charge on any atom is 0.229 e. The van der Waals surface area contributed by atoms with Gasteiger partial charge in [-0.15, -0.1) is 0 Å². The average molecular weight is 281 g/mol. The van der Waals surface area contributed by atoms with E-state index in [0.717, 1.165) is 26.1 Å². The first-order chi connectivity index (χ1) is 9.79. The molecule has 3 unspecified atom stereocenters. The van der Waals surface area contributed by atoms with Crippen LogP contribution in [0.2, 0.25) is 0 Å². The van der Waals surface area contributed by atoms with Gasteiger partial charge in [0.05, 0.1) is 19.1 Å². The second-order valence-electron chi connectivity index (χ2n) is 6.28. The second kappa shape index (κ2) is 6.41. The Balaban J connectivity index is 1.55. The molecule has 3 saturated heterocycles. The Morgan fingerprint density at radius 2 is 2.05 bits per heavy atom. The summed E-state index contributed by atoms with van der Waals surface area (Å²) in [5.74, 6) is 0.322. The molecule has 5 nitrogen and oxygen atoms in total. The van der Waals surface area contributed by atoms with Gasteiger partial charge in [0.2, 0.25) is 5.91 Å². The van der Waals surface area contributed by atoms with E-state index in [4.69, 9.17) is 4.74 Å². The Morgan fingerprint density at radius 1 is 1.25 bits per heavy atom. The number of nitrogens with zero attached hydrogens (tertiary/aromatic N) is 2. The lowest BCUT2D eigenvalue weighted by molar-refractivity contribution is -0.135. The predicted molar refractivity (Wildman–Crippen MR) is 77.6 cm³/mol. The van der Waals surface area contributed by atoms with Gasteiger partial charge in [-0.2, -0.15) is 0 Å². The zero-order chi connectivity index (χ0) is 13.9. The molecule has 3 fully saturated rings. The van der Waals surface area contributed by atoms with Crippen molar-refractivity contribution in [2.24, 2.45) is 5.92 Å². The van der Waals surface area contributed by atoms with Crippen LogP contribution in [0.15, 0.2) is 0 Å². The van der Waals surface area contributed by atoms with Crippen LogP contribution in [0.4, 0.5) is 0 Å². The highest BCUT2D eigenvalue weighted by molar-refractivity contribution is 5.80. The number of carbonyl (C=O) groups excluding carboxylic acids is 1. The van der Waals surface area contributed by atoms with Gasteiger partial charge in [0, 0.05) is 25.2 Å². The fraction of sp³-hybridized carbons (Fsp3) is 0.933. The van der Waals surface area contributed by atoms with Crippen molar-refractivity contribution in [3.05, 3.63) is 0 Å². The summed E-state index contributed by atoms with van der Waals surface area (Å²) in [6, 6.07) is 0.805. The van der Waals surface area contributed by atoms with Crippen molar-refractivity contribution in [1.29, 1.82) is 0 Å². The Kier molecular flexibility index (Phi) is 4.58. The van der Waals surface area contributed by atoms with E-state index in [1.165, 1.54) is 25.9 Å². The smallest absolute Gasteiger partial charge is 0.229 e. The van der Waals surface area contributed by atoms with E-state index in [2.05, 4.69) is 22.0 Å². The fourth-order valence-corrected chi connectivity index (χ4v) is 3.84. The van der Waals surface area contributed by atoms with Crippen LogP contribution in [0.3, 0.4) is 0 Å². The molecule has 1 N–H and O–H groups in total. The van der Waals surface area contributed by atoms with Crippen molar-refractivity contribution in [1.82, 2.24) is 15.1 Å². The second-order valence-corrected chi connectivity index (χ2v) is 6.28. The van der Waals surface area contributed by atoms with Crippen LogP contribution in [0.1, 0.15) is 26.2 Å². The molecule has 0 saturated carbocycles. The lowest BCUT2D eigenvalue weighted by atomic mass is 10.0. The highest BCUT2D eigenvalue weighted by atomic mass is 16.5. The van der Waals surface area contributed by atoms with Crippen LogP contribution in [0, 0.1) is 5.92 Å². The molecule has 0 spiro atoms. The molecule has 3 aliphatic heterocycles. The van der Waals surface area contributed by atoms with Crippen molar-refractivity contribution >= 4 is 5.91 Å². The number of amides is 1. The predicted octanol–water partition coefficient (Wildman–Crippen LogP) is 0.308. The minimum Gasteiger partial charge on any atom is -0.379 e. The highest BCUT2D eigenvalue weighted by Crippen LogP contribution is 2.24. The lowest BCUT2D eigenvalue weighted by Gasteiger charge is -2.26. The molecule has 0 aromatic rings. The number of rotatable bonds is 4. The summed E-state index contributed by atoms with van der Waals surface area (Å²) in [6.07, 6.45) is 3.79. The van der Waals surface area contributed by atoms with E-state index in [1.54, 1.807) is 0 Å². The van der Waals surface area contributed by atoms with Gasteiger partial charge in [0.25, 0.3) is 0 Å². The number of hydrogen-bond acceptors (Lipinski definition) is 4. The number of carbonyl (C=O) groups is 1. The molecule has 3 aliphatic rings. The van der Waals surface area contributed by atoms with Crippen LogP contribution in [-0.2, 0) is 9.53 Å². The fourth-order valence-electron chi connectivity index (χ4n) is 3.84. The minimum atomic E-state index is 0.0206. The molecule has 20 heavy (non-hydrogen) atoms. The minimum absolute atomic E-state index is 0.0206. The summed E-state index contributed by atoms with van der Waals surface area (Å²) in [6.45, 7) is 8.53. The van der Waals surface area contributed by atoms with Crippen molar-refractivity contribution in [2.75, 3.05) is 45.9 Å². The third-order valence-corrected chi connectivity index (χ3v) is 5.00. The molecule has 3 atom stereocenters. The van der Waals surface area contributed by atoms with Crippen molar-refractivity contribution in [3.63, 3.8) is 0 Å². The van der Waals surface area contributed by atoms with Gasteiger partial charge in [-0.1, -0.05) is 6.92 Å². The third-order valence-electron chi connectivity index (χ3n) is 5.00. The van der Waals surface area contributed by atoms with Crippen LogP contribution in [0.5, 0.6) is 0 Å². The maximum atomic E-state index is 12.7. The van der Waals surface area contributed by atoms with Gasteiger partial charge < -0.3 is 15.0 Å². The van der Waals surface area contributed by atoms with E-state index < -0.39 is 0 Å².